The first-order chi connectivity index (χ1) is 11.3. The van der Waals surface area contributed by atoms with Crippen LogP contribution in [0.4, 0.5) is 4.79 Å². The van der Waals surface area contributed by atoms with Crippen LogP contribution in [0.5, 0.6) is 0 Å². The highest BCUT2D eigenvalue weighted by molar-refractivity contribution is 5.70. The lowest BCUT2D eigenvalue weighted by Gasteiger charge is -2.24. The van der Waals surface area contributed by atoms with Gasteiger partial charge in [0.05, 0.1) is 0 Å². The molecule has 0 aromatic heterocycles. The molecular formula is C19H27NO4. The lowest BCUT2D eigenvalue weighted by Crippen LogP contribution is -2.33. The van der Waals surface area contributed by atoms with Crippen molar-refractivity contribution < 1.29 is 19.1 Å². The number of ether oxygens (including phenoxy) is 2. The zero-order chi connectivity index (χ0) is 17.6. The van der Waals surface area contributed by atoms with Crippen LogP contribution in [0.25, 0.3) is 0 Å². The Hall–Kier alpha value is -2.04. The smallest absolute Gasteiger partial charge is 0.407 e. The predicted molar refractivity (Wildman–Crippen MR) is 91.8 cm³/mol. The summed E-state index contributed by atoms with van der Waals surface area (Å²) >= 11 is 0. The molecule has 0 spiro atoms. The van der Waals surface area contributed by atoms with Crippen molar-refractivity contribution in [2.45, 2.75) is 64.6 Å². The first-order valence-corrected chi connectivity index (χ1v) is 8.56. The van der Waals surface area contributed by atoms with E-state index in [1.54, 1.807) is 0 Å². The van der Waals surface area contributed by atoms with Gasteiger partial charge in [0, 0.05) is 19.4 Å². The van der Waals surface area contributed by atoms with Crippen LogP contribution in [0.15, 0.2) is 24.3 Å². The predicted octanol–water partition coefficient (Wildman–Crippen LogP) is 3.39. The number of carbonyl (C=O) groups excluding carboxylic acids is 2. The lowest BCUT2D eigenvalue weighted by molar-refractivity contribution is -0.149. The van der Waals surface area contributed by atoms with Crippen LogP contribution in [0.3, 0.4) is 0 Å². The number of aryl methyl sites for hydroxylation is 1. The van der Waals surface area contributed by atoms with Crippen LogP contribution >= 0.6 is 0 Å². The molecule has 0 radical (unpaired) electrons. The number of rotatable bonds is 5. The minimum absolute atomic E-state index is 0.0359. The maximum Gasteiger partial charge on any atom is 0.407 e. The van der Waals surface area contributed by atoms with Crippen molar-refractivity contribution in [2.24, 2.45) is 0 Å². The van der Waals surface area contributed by atoms with E-state index in [9.17, 15) is 9.59 Å². The Balaban J connectivity index is 1.63. The molecular weight excluding hydrogens is 306 g/mol. The van der Waals surface area contributed by atoms with E-state index in [1.807, 2.05) is 32.9 Å². The summed E-state index contributed by atoms with van der Waals surface area (Å²) in [6, 6.07) is 8.30. The van der Waals surface area contributed by atoms with Crippen molar-refractivity contribution in [1.82, 2.24) is 5.32 Å². The third-order valence-corrected chi connectivity index (χ3v) is 3.83. The van der Waals surface area contributed by atoms with E-state index in [1.165, 1.54) is 11.1 Å². The second-order valence-corrected chi connectivity index (χ2v) is 7.16. The molecule has 1 N–H and O–H groups in total. The van der Waals surface area contributed by atoms with Crippen LogP contribution in [-0.4, -0.2) is 30.3 Å². The minimum Gasteiger partial charge on any atom is -0.462 e. The number of alkyl carbamates (subject to hydrolysis) is 1. The standard InChI is InChI=1S/C19H27NO4/c1-19(2,3)24-18(22)20-12-6-9-17(21)23-16-11-10-14-7-4-5-8-15(14)13-16/h4-5,7-8,16H,6,9-13H2,1-3H3,(H,20,22). The fourth-order valence-corrected chi connectivity index (χ4v) is 2.75. The van der Waals surface area contributed by atoms with Gasteiger partial charge < -0.3 is 14.8 Å². The molecule has 1 atom stereocenters. The summed E-state index contributed by atoms with van der Waals surface area (Å²) in [5.74, 6) is -0.203. The van der Waals surface area contributed by atoms with Gasteiger partial charge in [-0.1, -0.05) is 24.3 Å². The molecule has 5 heteroatoms. The first-order valence-electron chi connectivity index (χ1n) is 8.56. The molecule has 24 heavy (non-hydrogen) atoms. The van der Waals surface area contributed by atoms with E-state index in [2.05, 4.69) is 17.4 Å². The van der Waals surface area contributed by atoms with E-state index >= 15 is 0 Å². The van der Waals surface area contributed by atoms with Crippen molar-refractivity contribution in [3.8, 4) is 0 Å². The molecule has 0 bridgehead atoms. The third-order valence-electron chi connectivity index (χ3n) is 3.83. The Morgan fingerprint density at radius 1 is 1.21 bits per heavy atom. The fourth-order valence-electron chi connectivity index (χ4n) is 2.75. The van der Waals surface area contributed by atoms with Gasteiger partial charge in [0.1, 0.15) is 11.7 Å². The van der Waals surface area contributed by atoms with E-state index in [-0.39, 0.29) is 12.1 Å². The number of hydrogen-bond acceptors (Lipinski definition) is 4. The summed E-state index contributed by atoms with van der Waals surface area (Å²) in [4.78, 5) is 23.4. The highest BCUT2D eigenvalue weighted by Crippen LogP contribution is 2.23. The second kappa shape index (κ2) is 8.18. The molecule has 1 aliphatic rings. The SMILES string of the molecule is CC(C)(C)OC(=O)NCCCC(=O)OC1CCc2ccccc2C1. The molecule has 132 valence electrons. The minimum atomic E-state index is -0.514. The number of amides is 1. The van der Waals surface area contributed by atoms with Gasteiger partial charge in [0.25, 0.3) is 0 Å². The van der Waals surface area contributed by atoms with Crippen LogP contribution in [0.1, 0.15) is 51.2 Å². The van der Waals surface area contributed by atoms with Gasteiger partial charge in [-0.2, -0.15) is 0 Å². The molecule has 0 aliphatic heterocycles. The molecule has 1 aromatic rings. The van der Waals surface area contributed by atoms with E-state index in [0.29, 0.717) is 19.4 Å². The Morgan fingerprint density at radius 2 is 1.92 bits per heavy atom. The van der Waals surface area contributed by atoms with Gasteiger partial charge in [-0.3, -0.25) is 4.79 Å². The van der Waals surface area contributed by atoms with Gasteiger partial charge in [-0.15, -0.1) is 0 Å². The number of fused-ring (bicyclic) bond motifs is 1. The summed E-state index contributed by atoms with van der Waals surface area (Å²) in [7, 11) is 0. The summed E-state index contributed by atoms with van der Waals surface area (Å²) in [6.07, 6.45) is 2.96. The maximum absolute atomic E-state index is 11.9. The highest BCUT2D eigenvalue weighted by atomic mass is 16.6. The molecule has 0 heterocycles. The molecule has 0 saturated carbocycles. The van der Waals surface area contributed by atoms with Crippen LogP contribution in [0, 0.1) is 0 Å². The van der Waals surface area contributed by atoms with Gasteiger partial charge in [-0.05, 0) is 51.2 Å². The number of benzene rings is 1. The Labute approximate surface area is 143 Å². The van der Waals surface area contributed by atoms with Crippen LogP contribution in [-0.2, 0) is 27.1 Å². The Bertz CT molecular complexity index is 577. The van der Waals surface area contributed by atoms with Crippen molar-refractivity contribution >= 4 is 12.1 Å². The molecule has 1 unspecified atom stereocenters. The van der Waals surface area contributed by atoms with Gasteiger partial charge in [0.2, 0.25) is 0 Å². The Kier molecular flexibility index (Phi) is 6.23. The topological polar surface area (TPSA) is 64.6 Å². The van der Waals surface area contributed by atoms with E-state index in [0.717, 1.165) is 19.3 Å². The summed E-state index contributed by atoms with van der Waals surface area (Å²) in [6.45, 7) is 5.84. The van der Waals surface area contributed by atoms with Crippen molar-refractivity contribution in [1.29, 1.82) is 0 Å². The van der Waals surface area contributed by atoms with Gasteiger partial charge >= 0.3 is 12.1 Å². The van der Waals surface area contributed by atoms with Gasteiger partial charge in [-0.25, -0.2) is 4.79 Å². The van der Waals surface area contributed by atoms with E-state index in [4.69, 9.17) is 9.47 Å². The fraction of sp³-hybridized carbons (Fsp3) is 0.579. The third kappa shape index (κ3) is 6.22. The number of nitrogens with one attached hydrogen (secondary N) is 1. The van der Waals surface area contributed by atoms with Crippen molar-refractivity contribution in [3.63, 3.8) is 0 Å². The van der Waals surface area contributed by atoms with Crippen LogP contribution < -0.4 is 5.32 Å². The van der Waals surface area contributed by atoms with E-state index < -0.39 is 11.7 Å². The summed E-state index contributed by atoms with van der Waals surface area (Å²) < 4.78 is 10.7. The summed E-state index contributed by atoms with van der Waals surface area (Å²) in [5, 5.41) is 2.64. The highest BCUT2D eigenvalue weighted by Gasteiger charge is 2.21. The largest absolute Gasteiger partial charge is 0.462 e. The first kappa shape index (κ1) is 18.3. The monoisotopic (exact) mass is 333 g/mol. The van der Waals surface area contributed by atoms with Crippen molar-refractivity contribution in [3.05, 3.63) is 35.4 Å². The number of hydrogen-bond donors (Lipinski definition) is 1. The molecule has 0 fully saturated rings. The second-order valence-electron chi connectivity index (χ2n) is 7.16. The van der Waals surface area contributed by atoms with Crippen molar-refractivity contribution in [2.75, 3.05) is 6.54 Å². The normalized spacial score (nSPS) is 16.9. The average molecular weight is 333 g/mol. The summed E-state index contributed by atoms with van der Waals surface area (Å²) in [5.41, 5.74) is 2.11. The zero-order valence-corrected chi connectivity index (χ0v) is 14.8. The maximum atomic E-state index is 11.9. The zero-order valence-electron chi connectivity index (χ0n) is 14.8. The molecule has 1 aromatic carbocycles. The average Bonchev–Trinajstić information content (AvgIpc) is 2.50. The van der Waals surface area contributed by atoms with Crippen LogP contribution in [0.2, 0.25) is 0 Å². The molecule has 1 amide bonds. The molecule has 5 nitrogen and oxygen atoms in total. The molecule has 1 aliphatic carbocycles. The molecule has 2 rings (SSSR count). The quantitative estimate of drug-likeness (QED) is 0.662. The lowest BCUT2D eigenvalue weighted by atomic mass is 9.90. The number of carbonyl (C=O) groups is 2. The number of esters is 1. The molecule has 0 saturated heterocycles. The van der Waals surface area contributed by atoms with Gasteiger partial charge in [0.15, 0.2) is 0 Å². The Morgan fingerprint density at radius 3 is 2.62 bits per heavy atom.